The van der Waals surface area contributed by atoms with Gasteiger partial charge in [-0.15, -0.1) is 11.3 Å². The van der Waals surface area contributed by atoms with Gasteiger partial charge in [-0.3, -0.25) is 4.79 Å². The highest BCUT2D eigenvalue weighted by Gasteiger charge is 2.15. The number of fused-ring (bicyclic) bond motifs is 1. The molecule has 1 amide bonds. The third-order valence-corrected chi connectivity index (χ3v) is 6.30. The summed E-state index contributed by atoms with van der Waals surface area (Å²) in [7, 11) is 0. The normalized spacial score (nSPS) is 10.8. The van der Waals surface area contributed by atoms with Gasteiger partial charge in [0.05, 0.1) is 21.5 Å². The van der Waals surface area contributed by atoms with E-state index in [2.05, 4.69) is 49.9 Å². The number of hydrogen-bond donors (Lipinski definition) is 1. The van der Waals surface area contributed by atoms with E-state index >= 15 is 0 Å². The fourth-order valence-corrected chi connectivity index (χ4v) is 4.58. The number of rotatable bonds is 3. The Balaban J connectivity index is 1.75. The standard InChI is InChI=1S/C20H12BrIN2OS/c21-15-6-2-1-5-13(15)19(25)23-16-10-9-12(22)11-14(16)20-24-17-7-3-4-8-18(17)26-20/h1-11H,(H,23,25). The molecule has 4 aromatic rings. The molecule has 0 aliphatic heterocycles. The van der Waals surface area contributed by atoms with Crippen molar-refractivity contribution in [2.75, 3.05) is 5.32 Å². The Bertz CT molecular complexity index is 1090. The number of nitrogens with one attached hydrogen (secondary N) is 1. The number of halogens is 2. The lowest BCUT2D eigenvalue weighted by atomic mass is 10.1. The number of anilines is 1. The van der Waals surface area contributed by atoms with Gasteiger partial charge in [0, 0.05) is 13.6 Å². The zero-order valence-corrected chi connectivity index (χ0v) is 17.9. The third kappa shape index (κ3) is 3.54. The maximum atomic E-state index is 12.7. The molecule has 1 heterocycles. The van der Waals surface area contributed by atoms with E-state index in [4.69, 9.17) is 4.98 Å². The Labute approximate surface area is 176 Å². The summed E-state index contributed by atoms with van der Waals surface area (Å²) in [6, 6.07) is 21.4. The van der Waals surface area contributed by atoms with Crippen LogP contribution in [0.4, 0.5) is 5.69 Å². The predicted molar refractivity (Wildman–Crippen MR) is 120 cm³/mol. The van der Waals surface area contributed by atoms with Crippen molar-refractivity contribution in [2.24, 2.45) is 0 Å². The monoisotopic (exact) mass is 534 g/mol. The largest absolute Gasteiger partial charge is 0.321 e. The number of aromatic nitrogens is 1. The summed E-state index contributed by atoms with van der Waals surface area (Å²) in [5.74, 6) is -0.152. The molecule has 0 unspecified atom stereocenters. The fraction of sp³-hybridized carbons (Fsp3) is 0. The molecule has 0 saturated heterocycles. The molecular formula is C20H12BrIN2OS. The highest BCUT2D eigenvalue weighted by molar-refractivity contribution is 14.1. The molecule has 0 radical (unpaired) electrons. The first-order valence-electron chi connectivity index (χ1n) is 7.83. The van der Waals surface area contributed by atoms with Crippen LogP contribution >= 0.6 is 49.9 Å². The lowest BCUT2D eigenvalue weighted by Crippen LogP contribution is -2.13. The summed E-state index contributed by atoms with van der Waals surface area (Å²) in [5, 5.41) is 3.93. The molecule has 0 atom stereocenters. The minimum Gasteiger partial charge on any atom is -0.321 e. The summed E-state index contributed by atoms with van der Waals surface area (Å²) in [4.78, 5) is 17.5. The van der Waals surface area contributed by atoms with Crippen molar-refractivity contribution in [2.45, 2.75) is 0 Å². The first-order valence-corrected chi connectivity index (χ1v) is 10.5. The summed E-state index contributed by atoms with van der Waals surface area (Å²) < 4.78 is 2.99. The Hall–Kier alpha value is -1.77. The van der Waals surface area contributed by atoms with Crippen LogP contribution in [-0.2, 0) is 0 Å². The molecule has 0 spiro atoms. The second-order valence-corrected chi connectivity index (χ2v) is 8.74. The SMILES string of the molecule is O=C(Nc1ccc(I)cc1-c1nc2ccccc2s1)c1ccccc1Br. The number of thiazole rings is 1. The maximum absolute atomic E-state index is 12.7. The average Bonchev–Trinajstić information content (AvgIpc) is 3.07. The number of carbonyl (C=O) groups excluding carboxylic acids is 1. The van der Waals surface area contributed by atoms with E-state index in [1.54, 1.807) is 17.4 Å². The number of nitrogens with zero attached hydrogens (tertiary/aromatic N) is 1. The van der Waals surface area contributed by atoms with Gasteiger partial charge in [-0.25, -0.2) is 4.98 Å². The Morgan fingerprint density at radius 3 is 2.62 bits per heavy atom. The van der Waals surface area contributed by atoms with Crippen LogP contribution in [-0.4, -0.2) is 10.9 Å². The molecule has 0 aliphatic carbocycles. The van der Waals surface area contributed by atoms with Crippen LogP contribution < -0.4 is 5.32 Å². The average molecular weight is 535 g/mol. The van der Waals surface area contributed by atoms with E-state index < -0.39 is 0 Å². The molecule has 0 aliphatic rings. The second-order valence-electron chi connectivity index (χ2n) is 5.61. The van der Waals surface area contributed by atoms with Crippen LogP contribution in [0.5, 0.6) is 0 Å². The smallest absolute Gasteiger partial charge is 0.256 e. The van der Waals surface area contributed by atoms with Gasteiger partial charge in [-0.1, -0.05) is 24.3 Å². The fourth-order valence-electron chi connectivity index (χ4n) is 2.62. The van der Waals surface area contributed by atoms with E-state index in [1.165, 1.54) is 0 Å². The predicted octanol–water partition coefficient (Wildman–Crippen LogP) is 6.58. The van der Waals surface area contributed by atoms with Crippen molar-refractivity contribution in [3.63, 3.8) is 0 Å². The molecule has 0 fully saturated rings. The second kappa shape index (κ2) is 7.46. The van der Waals surface area contributed by atoms with E-state index in [0.717, 1.165) is 34.5 Å². The third-order valence-electron chi connectivity index (χ3n) is 3.87. The number of amides is 1. The van der Waals surface area contributed by atoms with Crippen molar-refractivity contribution in [3.8, 4) is 10.6 Å². The van der Waals surface area contributed by atoms with E-state index in [-0.39, 0.29) is 5.91 Å². The zero-order chi connectivity index (χ0) is 18.1. The molecule has 26 heavy (non-hydrogen) atoms. The molecule has 6 heteroatoms. The van der Waals surface area contributed by atoms with Crippen LogP contribution in [0.15, 0.2) is 71.2 Å². The van der Waals surface area contributed by atoms with Gasteiger partial charge in [0.25, 0.3) is 5.91 Å². The van der Waals surface area contributed by atoms with Gasteiger partial charge < -0.3 is 5.32 Å². The summed E-state index contributed by atoms with van der Waals surface area (Å²) in [6.45, 7) is 0. The number of carbonyl (C=O) groups is 1. The molecular weight excluding hydrogens is 523 g/mol. The van der Waals surface area contributed by atoms with E-state index in [1.807, 2.05) is 54.6 Å². The van der Waals surface area contributed by atoms with E-state index in [0.29, 0.717) is 5.56 Å². The van der Waals surface area contributed by atoms with Gasteiger partial charge in [-0.2, -0.15) is 0 Å². The summed E-state index contributed by atoms with van der Waals surface area (Å²) >= 11 is 7.34. The van der Waals surface area contributed by atoms with Crippen molar-refractivity contribution in [1.29, 1.82) is 0 Å². The Kier molecular flexibility index (Phi) is 5.06. The lowest BCUT2D eigenvalue weighted by molar-refractivity contribution is 0.102. The van der Waals surface area contributed by atoms with Gasteiger partial charge in [0.15, 0.2) is 0 Å². The van der Waals surface area contributed by atoms with Crippen LogP contribution in [0.3, 0.4) is 0 Å². The number of benzene rings is 3. The molecule has 4 rings (SSSR count). The van der Waals surface area contributed by atoms with Crippen LogP contribution in [0.1, 0.15) is 10.4 Å². The molecule has 128 valence electrons. The lowest BCUT2D eigenvalue weighted by Gasteiger charge is -2.11. The Morgan fingerprint density at radius 1 is 1.04 bits per heavy atom. The molecule has 1 N–H and O–H groups in total. The molecule has 3 aromatic carbocycles. The highest BCUT2D eigenvalue weighted by atomic mass is 127. The van der Waals surface area contributed by atoms with Crippen molar-refractivity contribution < 1.29 is 4.79 Å². The Morgan fingerprint density at radius 2 is 1.81 bits per heavy atom. The van der Waals surface area contributed by atoms with Crippen LogP contribution in [0, 0.1) is 3.57 Å². The van der Waals surface area contributed by atoms with Crippen LogP contribution in [0.2, 0.25) is 0 Å². The minimum atomic E-state index is -0.152. The molecule has 0 saturated carbocycles. The van der Waals surface area contributed by atoms with Gasteiger partial charge in [-0.05, 0) is 81.0 Å². The molecule has 0 bridgehead atoms. The van der Waals surface area contributed by atoms with Crippen molar-refractivity contribution in [3.05, 3.63) is 80.3 Å². The van der Waals surface area contributed by atoms with Crippen LogP contribution in [0.25, 0.3) is 20.8 Å². The van der Waals surface area contributed by atoms with E-state index in [9.17, 15) is 4.79 Å². The van der Waals surface area contributed by atoms with Crippen molar-refractivity contribution in [1.82, 2.24) is 4.98 Å². The summed E-state index contributed by atoms with van der Waals surface area (Å²) in [6.07, 6.45) is 0. The first-order chi connectivity index (χ1) is 12.6. The molecule has 3 nitrogen and oxygen atoms in total. The number of hydrogen-bond acceptors (Lipinski definition) is 3. The minimum absolute atomic E-state index is 0.152. The molecule has 1 aromatic heterocycles. The highest BCUT2D eigenvalue weighted by Crippen LogP contribution is 2.35. The van der Waals surface area contributed by atoms with Gasteiger partial charge in [0.1, 0.15) is 5.01 Å². The first kappa shape index (κ1) is 17.6. The van der Waals surface area contributed by atoms with Crippen molar-refractivity contribution >= 4 is 71.7 Å². The number of para-hydroxylation sites is 1. The zero-order valence-electron chi connectivity index (χ0n) is 13.4. The maximum Gasteiger partial charge on any atom is 0.256 e. The van der Waals surface area contributed by atoms with Gasteiger partial charge >= 0.3 is 0 Å². The summed E-state index contributed by atoms with van der Waals surface area (Å²) in [5.41, 5.74) is 3.25. The quantitative estimate of drug-likeness (QED) is 0.301. The topological polar surface area (TPSA) is 42.0 Å². The van der Waals surface area contributed by atoms with Gasteiger partial charge in [0.2, 0.25) is 0 Å².